The second kappa shape index (κ2) is 8.81. The first-order valence-electron chi connectivity index (χ1n) is 9.38. The number of nitrogens with two attached hydrogens (primary N) is 1. The quantitative estimate of drug-likeness (QED) is 0.388. The molecule has 2 N–H and O–H groups in total. The predicted molar refractivity (Wildman–Crippen MR) is 123 cm³/mol. The van der Waals surface area contributed by atoms with E-state index in [2.05, 4.69) is 27.0 Å². The highest BCUT2D eigenvalue weighted by molar-refractivity contribution is 9.10. The van der Waals surface area contributed by atoms with Gasteiger partial charge >= 0.3 is 0 Å². The molecule has 1 heterocycles. The summed E-state index contributed by atoms with van der Waals surface area (Å²) >= 11 is 3.56. The van der Waals surface area contributed by atoms with Gasteiger partial charge in [0.15, 0.2) is 0 Å². The van der Waals surface area contributed by atoms with Crippen molar-refractivity contribution in [3.8, 4) is 34.2 Å². The average molecular weight is 456 g/mol. The first-order chi connectivity index (χ1) is 14.7. The third kappa shape index (κ3) is 4.19. The summed E-state index contributed by atoms with van der Waals surface area (Å²) in [5, 5.41) is 9.64. The van der Waals surface area contributed by atoms with Crippen LogP contribution < -0.4 is 10.5 Å². The topological polar surface area (TPSA) is 71.9 Å². The highest BCUT2D eigenvalue weighted by Crippen LogP contribution is 2.34. The fourth-order valence-corrected chi connectivity index (χ4v) is 3.68. The van der Waals surface area contributed by atoms with Crippen LogP contribution in [0.5, 0.6) is 5.75 Å². The molecule has 1 aromatic heterocycles. The summed E-state index contributed by atoms with van der Waals surface area (Å²) in [4.78, 5) is 4.44. The Kier molecular flexibility index (Phi) is 5.78. The standard InChI is InChI=1S/C25H18BrN3O/c26-23-9-5-4-8-20(23)24-14-21(22(15-27)25(28)29-24)18-10-12-19(13-11-18)30-16-17-6-2-1-3-7-17/h1-14H,16H2,(H2,28,29). The van der Waals surface area contributed by atoms with Crippen LogP contribution in [0.1, 0.15) is 11.1 Å². The van der Waals surface area contributed by atoms with Gasteiger partial charge in [-0.1, -0.05) is 76.6 Å². The number of nitrogens with zero attached hydrogens (tertiary/aromatic N) is 2. The van der Waals surface area contributed by atoms with E-state index in [1.807, 2.05) is 84.9 Å². The van der Waals surface area contributed by atoms with Crippen LogP contribution in [-0.2, 0) is 6.61 Å². The van der Waals surface area contributed by atoms with E-state index in [-0.39, 0.29) is 5.82 Å². The van der Waals surface area contributed by atoms with Gasteiger partial charge < -0.3 is 10.5 Å². The van der Waals surface area contributed by atoms with Gasteiger partial charge in [-0.2, -0.15) is 5.26 Å². The van der Waals surface area contributed by atoms with Crippen LogP contribution in [0.2, 0.25) is 0 Å². The fourth-order valence-electron chi connectivity index (χ4n) is 3.19. The minimum atomic E-state index is 0.213. The van der Waals surface area contributed by atoms with Gasteiger partial charge in [-0.15, -0.1) is 0 Å². The highest BCUT2D eigenvalue weighted by Gasteiger charge is 2.14. The van der Waals surface area contributed by atoms with Crippen molar-refractivity contribution in [2.75, 3.05) is 5.73 Å². The molecular weight excluding hydrogens is 438 g/mol. The normalized spacial score (nSPS) is 10.4. The molecule has 0 bridgehead atoms. The smallest absolute Gasteiger partial charge is 0.142 e. The third-order valence-corrected chi connectivity index (χ3v) is 5.41. The number of hydrogen-bond donors (Lipinski definition) is 1. The maximum atomic E-state index is 9.64. The molecule has 0 unspecified atom stereocenters. The minimum Gasteiger partial charge on any atom is -0.489 e. The molecule has 30 heavy (non-hydrogen) atoms. The molecule has 3 aromatic carbocycles. The van der Waals surface area contributed by atoms with Gasteiger partial charge in [0.2, 0.25) is 0 Å². The van der Waals surface area contributed by atoms with Gasteiger partial charge in [-0.25, -0.2) is 4.98 Å². The summed E-state index contributed by atoms with van der Waals surface area (Å²) in [6.45, 7) is 0.498. The van der Waals surface area contributed by atoms with Crippen LogP contribution in [0.3, 0.4) is 0 Å². The SMILES string of the molecule is N#Cc1c(-c2ccc(OCc3ccccc3)cc2)cc(-c2ccccc2Br)nc1N. The van der Waals surface area contributed by atoms with Gasteiger partial charge in [-0.05, 0) is 35.4 Å². The van der Waals surface area contributed by atoms with Crippen molar-refractivity contribution in [3.63, 3.8) is 0 Å². The molecule has 0 amide bonds. The van der Waals surface area contributed by atoms with Crippen molar-refractivity contribution >= 4 is 21.7 Å². The number of pyridine rings is 1. The lowest BCUT2D eigenvalue weighted by molar-refractivity contribution is 0.306. The van der Waals surface area contributed by atoms with Crippen molar-refractivity contribution in [2.45, 2.75) is 6.61 Å². The maximum absolute atomic E-state index is 9.64. The van der Waals surface area contributed by atoms with Crippen LogP contribution >= 0.6 is 15.9 Å². The van der Waals surface area contributed by atoms with Crippen LogP contribution in [0.4, 0.5) is 5.82 Å². The van der Waals surface area contributed by atoms with Crippen molar-refractivity contribution in [3.05, 3.63) is 101 Å². The highest BCUT2D eigenvalue weighted by atomic mass is 79.9. The zero-order valence-electron chi connectivity index (χ0n) is 16.0. The summed E-state index contributed by atoms with van der Waals surface area (Å²) in [5.74, 6) is 0.972. The van der Waals surface area contributed by atoms with Crippen LogP contribution in [0, 0.1) is 11.3 Å². The van der Waals surface area contributed by atoms with Crippen molar-refractivity contribution in [1.29, 1.82) is 5.26 Å². The third-order valence-electron chi connectivity index (χ3n) is 4.72. The Hall–Kier alpha value is -3.62. The fraction of sp³-hybridized carbons (Fsp3) is 0.0400. The molecule has 0 atom stereocenters. The minimum absolute atomic E-state index is 0.213. The zero-order chi connectivity index (χ0) is 20.9. The van der Waals surface area contributed by atoms with Crippen molar-refractivity contribution < 1.29 is 4.74 Å². The van der Waals surface area contributed by atoms with E-state index in [0.717, 1.165) is 32.5 Å². The van der Waals surface area contributed by atoms with Gasteiger partial charge in [0.05, 0.1) is 5.69 Å². The van der Waals surface area contributed by atoms with Crippen molar-refractivity contribution in [1.82, 2.24) is 4.98 Å². The number of nitrogen functional groups attached to an aromatic ring is 1. The monoisotopic (exact) mass is 455 g/mol. The first kappa shape index (κ1) is 19.7. The molecule has 5 heteroatoms. The number of anilines is 1. The molecule has 0 aliphatic rings. The van der Waals surface area contributed by atoms with E-state index in [9.17, 15) is 5.26 Å². The largest absolute Gasteiger partial charge is 0.489 e. The summed E-state index contributed by atoms with van der Waals surface area (Å²) in [6.07, 6.45) is 0. The van der Waals surface area contributed by atoms with E-state index < -0.39 is 0 Å². The van der Waals surface area contributed by atoms with Gasteiger partial charge in [0, 0.05) is 15.6 Å². The van der Waals surface area contributed by atoms with E-state index >= 15 is 0 Å². The Balaban J connectivity index is 1.66. The van der Waals surface area contributed by atoms with Crippen LogP contribution in [0.15, 0.2) is 89.4 Å². The predicted octanol–water partition coefficient (Wildman–Crippen LogP) is 6.21. The number of ether oxygens (including phenoxy) is 1. The molecule has 0 saturated heterocycles. The number of hydrogen-bond acceptors (Lipinski definition) is 4. The molecule has 0 aliphatic heterocycles. The lowest BCUT2D eigenvalue weighted by Crippen LogP contribution is -2.00. The number of nitriles is 1. The van der Waals surface area contributed by atoms with Crippen LogP contribution in [0.25, 0.3) is 22.4 Å². The molecule has 146 valence electrons. The first-order valence-corrected chi connectivity index (χ1v) is 10.2. The maximum Gasteiger partial charge on any atom is 0.142 e. The van der Waals surface area contributed by atoms with E-state index in [4.69, 9.17) is 10.5 Å². The molecule has 0 radical (unpaired) electrons. The summed E-state index contributed by atoms with van der Waals surface area (Å²) in [5.41, 5.74) is 10.8. The molecule has 0 saturated carbocycles. The number of rotatable bonds is 5. The van der Waals surface area contributed by atoms with Crippen molar-refractivity contribution in [2.24, 2.45) is 0 Å². The molecular formula is C25H18BrN3O. The second-order valence-electron chi connectivity index (χ2n) is 6.71. The Labute approximate surface area is 183 Å². The summed E-state index contributed by atoms with van der Waals surface area (Å²) in [7, 11) is 0. The Morgan fingerprint density at radius 3 is 2.30 bits per heavy atom. The zero-order valence-corrected chi connectivity index (χ0v) is 17.6. The lowest BCUT2D eigenvalue weighted by Gasteiger charge is -2.12. The Morgan fingerprint density at radius 2 is 1.60 bits per heavy atom. The van der Waals surface area contributed by atoms with Gasteiger partial charge in [-0.3, -0.25) is 0 Å². The Bertz CT molecular complexity index is 1220. The van der Waals surface area contributed by atoms with E-state index in [0.29, 0.717) is 17.9 Å². The second-order valence-corrected chi connectivity index (χ2v) is 7.56. The molecule has 0 fully saturated rings. The molecule has 4 aromatic rings. The van der Waals surface area contributed by atoms with E-state index in [1.54, 1.807) is 0 Å². The molecule has 4 rings (SSSR count). The molecule has 4 nitrogen and oxygen atoms in total. The number of benzene rings is 3. The Morgan fingerprint density at radius 1 is 0.900 bits per heavy atom. The lowest BCUT2D eigenvalue weighted by atomic mass is 9.98. The number of aromatic nitrogens is 1. The van der Waals surface area contributed by atoms with Gasteiger partial charge in [0.25, 0.3) is 0 Å². The summed E-state index contributed by atoms with van der Waals surface area (Å²) < 4.78 is 6.78. The van der Waals surface area contributed by atoms with Crippen LogP contribution in [-0.4, -0.2) is 4.98 Å². The average Bonchev–Trinajstić information content (AvgIpc) is 2.78. The van der Waals surface area contributed by atoms with Gasteiger partial charge in [0.1, 0.15) is 29.8 Å². The molecule has 0 aliphatic carbocycles. The summed E-state index contributed by atoms with van der Waals surface area (Å²) in [6, 6.07) is 29.5. The molecule has 0 spiro atoms. The van der Waals surface area contributed by atoms with E-state index in [1.165, 1.54) is 0 Å². The number of halogens is 1.